The molecule has 2 rings (SSSR count). The lowest BCUT2D eigenvalue weighted by Gasteiger charge is -2.07. The third kappa shape index (κ3) is 4.04. The van der Waals surface area contributed by atoms with E-state index in [1.807, 2.05) is 12.1 Å². The van der Waals surface area contributed by atoms with Crippen LogP contribution in [0.4, 0.5) is 5.95 Å². The Labute approximate surface area is 116 Å². The quantitative estimate of drug-likeness (QED) is 0.477. The Bertz CT molecular complexity index is 523. The number of halogens is 1. The number of pyridine rings is 1. The fourth-order valence-electron chi connectivity index (χ4n) is 1.52. The number of hydrazine groups is 1. The van der Waals surface area contributed by atoms with E-state index in [9.17, 15) is 0 Å². The molecule has 6 nitrogen and oxygen atoms in total. The van der Waals surface area contributed by atoms with Crippen molar-refractivity contribution < 1.29 is 4.74 Å². The van der Waals surface area contributed by atoms with Crippen LogP contribution in [0.25, 0.3) is 0 Å². The maximum absolute atomic E-state index is 5.92. The number of rotatable bonds is 6. The van der Waals surface area contributed by atoms with E-state index < -0.39 is 0 Å². The van der Waals surface area contributed by atoms with Gasteiger partial charge >= 0.3 is 0 Å². The van der Waals surface area contributed by atoms with E-state index in [-0.39, 0.29) is 5.95 Å². The van der Waals surface area contributed by atoms with E-state index in [4.69, 9.17) is 22.2 Å². The van der Waals surface area contributed by atoms with Crippen molar-refractivity contribution in [1.82, 2.24) is 15.0 Å². The summed E-state index contributed by atoms with van der Waals surface area (Å²) in [5.41, 5.74) is 3.56. The minimum Gasteiger partial charge on any atom is -0.476 e. The van der Waals surface area contributed by atoms with Gasteiger partial charge in [0, 0.05) is 12.4 Å². The Morgan fingerprint density at radius 1 is 1.32 bits per heavy atom. The fourth-order valence-corrected chi connectivity index (χ4v) is 1.66. The van der Waals surface area contributed by atoms with Gasteiger partial charge < -0.3 is 4.74 Å². The molecule has 19 heavy (non-hydrogen) atoms. The predicted molar refractivity (Wildman–Crippen MR) is 72.9 cm³/mol. The monoisotopic (exact) mass is 279 g/mol. The molecule has 0 amide bonds. The standard InChI is InChI=1S/C12H14ClN5O/c13-10-8-16-12(18-14)17-11(10)19-7-1-2-9-3-5-15-6-4-9/h3-6,8H,1-2,7,14H2,(H,16,17,18). The number of nitrogens with one attached hydrogen (secondary N) is 1. The molecule has 0 saturated carbocycles. The van der Waals surface area contributed by atoms with Crippen LogP contribution in [0.2, 0.25) is 5.02 Å². The highest BCUT2D eigenvalue weighted by atomic mass is 35.5. The maximum Gasteiger partial charge on any atom is 0.240 e. The molecule has 7 heteroatoms. The van der Waals surface area contributed by atoms with Crippen LogP contribution in [-0.4, -0.2) is 21.6 Å². The van der Waals surface area contributed by atoms with Crippen LogP contribution >= 0.6 is 11.6 Å². The van der Waals surface area contributed by atoms with E-state index in [1.54, 1.807) is 12.4 Å². The Morgan fingerprint density at radius 3 is 2.84 bits per heavy atom. The number of nitrogens with two attached hydrogens (primary N) is 1. The molecule has 0 radical (unpaired) electrons. The van der Waals surface area contributed by atoms with Crippen molar-refractivity contribution in [2.75, 3.05) is 12.0 Å². The SMILES string of the molecule is NNc1ncc(Cl)c(OCCCc2ccncc2)n1. The first-order valence-electron chi connectivity index (χ1n) is 5.80. The second-order valence-corrected chi connectivity index (χ2v) is 4.21. The number of nitrogen functional groups attached to an aromatic ring is 1. The minimum atomic E-state index is 0.272. The normalized spacial score (nSPS) is 10.2. The number of hydrogen-bond acceptors (Lipinski definition) is 6. The topological polar surface area (TPSA) is 86.0 Å². The highest BCUT2D eigenvalue weighted by molar-refractivity contribution is 6.31. The average molecular weight is 280 g/mol. The third-order valence-corrected chi connectivity index (χ3v) is 2.70. The summed E-state index contributed by atoms with van der Waals surface area (Å²) < 4.78 is 5.51. The van der Waals surface area contributed by atoms with E-state index >= 15 is 0 Å². The van der Waals surface area contributed by atoms with Gasteiger partial charge in [-0.25, -0.2) is 10.8 Å². The molecule has 0 bridgehead atoms. The van der Waals surface area contributed by atoms with Crippen LogP contribution in [-0.2, 0) is 6.42 Å². The van der Waals surface area contributed by atoms with Crippen molar-refractivity contribution >= 4 is 17.5 Å². The molecule has 0 atom stereocenters. The number of aryl methyl sites for hydroxylation is 1. The van der Waals surface area contributed by atoms with Gasteiger partial charge in [-0.1, -0.05) is 11.6 Å². The lowest BCUT2D eigenvalue weighted by Crippen LogP contribution is -2.11. The highest BCUT2D eigenvalue weighted by Crippen LogP contribution is 2.21. The summed E-state index contributed by atoms with van der Waals surface area (Å²) in [6, 6.07) is 3.96. The Morgan fingerprint density at radius 2 is 2.11 bits per heavy atom. The maximum atomic E-state index is 5.92. The number of aromatic nitrogens is 3. The number of nitrogens with zero attached hydrogens (tertiary/aromatic N) is 3. The zero-order chi connectivity index (χ0) is 13.5. The molecule has 0 aliphatic heterocycles. The fraction of sp³-hybridized carbons (Fsp3) is 0.250. The molecule has 2 aromatic heterocycles. The predicted octanol–water partition coefficient (Wildman–Crippen LogP) is 1.82. The summed E-state index contributed by atoms with van der Waals surface area (Å²) in [5.74, 6) is 5.82. The Kier molecular flexibility index (Phi) is 4.88. The average Bonchev–Trinajstić information content (AvgIpc) is 2.46. The molecule has 2 heterocycles. The molecule has 0 spiro atoms. The molecule has 3 N–H and O–H groups in total. The van der Waals surface area contributed by atoms with E-state index in [2.05, 4.69) is 20.4 Å². The molecular formula is C12H14ClN5O. The summed E-state index contributed by atoms with van der Waals surface area (Å²) in [6.07, 6.45) is 6.76. The van der Waals surface area contributed by atoms with Gasteiger partial charge in [-0.2, -0.15) is 4.98 Å². The second-order valence-electron chi connectivity index (χ2n) is 3.80. The molecule has 2 aromatic rings. The first-order valence-corrected chi connectivity index (χ1v) is 6.18. The van der Waals surface area contributed by atoms with Gasteiger partial charge in [0.05, 0.1) is 12.8 Å². The van der Waals surface area contributed by atoms with Crippen molar-refractivity contribution in [3.8, 4) is 5.88 Å². The van der Waals surface area contributed by atoms with E-state index in [0.717, 1.165) is 12.8 Å². The number of ether oxygens (including phenoxy) is 1. The van der Waals surface area contributed by atoms with Crippen LogP contribution in [0.5, 0.6) is 5.88 Å². The summed E-state index contributed by atoms with van der Waals surface area (Å²) in [5, 5.41) is 0.364. The lowest BCUT2D eigenvalue weighted by molar-refractivity contribution is 0.299. The molecule has 0 aliphatic carbocycles. The van der Waals surface area contributed by atoms with Gasteiger partial charge in [0.25, 0.3) is 0 Å². The molecular weight excluding hydrogens is 266 g/mol. The summed E-state index contributed by atoms with van der Waals surface area (Å²) in [6.45, 7) is 0.517. The third-order valence-electron chi connectivity index (χ3n) is 2.44. The molecule has 0 aliphatic rings. The van der Waals surface area contributed by atoms with Gasteiger partial charge in [-0.3, -0.25) is 10.4 Å². The van der Waals surface area contributed by atoms with Crippen molar-refractivity contribution in [3.63, 3.8) is 0 Å². The van der Waals surface area contributed by atoms with Gasteiger partial charge in [0.1, 0.15) is 5.02 Å². The minimum absolute atomic E-state index is 0.272. The smallest absolute Gasteiger partial charge is 0.240 e. The van der Waals surface area contributed by atoms with Gasteiger partial charge in [-0.05, 0) is 30.5 Å². The van der Waals surface area contributed by atoms with Crippen LogP contribution in [0.3, 0.4) is 0 Å². The van der Waals surface area contributed by atoms with Gasteiger partial charge in [0.2, 0.25) is 11.8 Å². The summed E-state index contributed by atoms with van der Waals surface area (Å²) in [4.78, 5) is 11.9. The zero-order valence-corrected chi connectivity index (χ0v) is 11.0. The summed E-state index contributed by atoms with van der Waals surface area (Å²) >= 11 is 5.92. The van der Waals surface area contributed by atoms with Gasteiger partial charge in [-0.15, -0.1) is 0 Å². The molecule has 100 valence electrons. The highest BCUT2D eigenvalue weighted by Gasteiger charge is 2.05. The van der Waals surface area contributed by atoms with Crippen LogP contribution < -0.4 is 16.0 Å². The van der Waals surface area contributed by atoms with Crippen molar-refractivity contribution in [2.24, 2.45) is 5.84 Å². The van der Waals surface area contributed by atoms with Crippen molar-refractivity contribution in [3.05, 3.63) is 41.3 Å². The largest absolute Gasteiger partial charge is 0.476 e. The Hall–Kier alpha value is -1.92. The van der Waals surface area contributed by atoms with Crippen LogP contribution in [0.1, 0.15) is 12.0 Å². The van der Waals surface area contributed by atoms with Crippen molar-refractivity contribution in [2.45, 2.75) is 12.8 Å². The molecule has 0 aromatic carbocycles. The molecule has 0 fully saturated rings. The van der Waals surface area contributed by atoms with Gasteiger partial charge in [0.15, 0.2) is 0 Å². The van der Waals surface area contributed by atoms with Crippen LogP contribution in [0.15, 0.2) is 30.7 Å². The van der Waals surface area contributed by atoms with Crippen molar-refractivity contribution in [1.29, 1.82) is 0 Å². The molecule has 0 unspecified atom stereocenters. The van der Waals surface area contributed by atoms with Crippen LogP contribution in [0, 0.1) is 0 Å². The first-order chi connectivity index (χ1) is 9.29. The summed E-state index contributed by atoms with van der Waals surface area (Å²) in [7, 11) is 0. The zero-order valence-electron chi connectivity index (χ0n) is 10.2. The Balaban J connectivity index is 1.82. The van der Waals surface area contributed by atoms with E-state index in [0.29, 0.717) is 17.5 Å². The number of hydrogen-bond donors (Lipinski definition) is 2. The van der Waals surface area contributed by atoms with E-state index in [1.165, 1.54) is 11.8 Å². The second kappa shape index (κ2) is 6.86. The number of anilines is 1. The first kappa shape index (κ1) is 13.5. The molecule has 0 saturated heterocycles. The lowest BCUT2D eigenvalue weighted by atomic mass is 10.1.